The molecule has 1 atom stereocenters. The molecular formula is C13H16F2N2O3S. The summed E-state index contributed by atoms with van der Waals surface area (Å²) < 4.78 is 48.8. The maximum Gasteiger partial charge on any atom is 0.239 e. The summed E-state index contributed by atoms with van der Waals surface area (Å²) in [5.41, 5.74) is -0.642. The summed E-state index contributed by atoms with van der Waals surface area (Å²) in [7, 11) is -3.11. The maximum atomic E-state index is 13.0. The van der Waals surface area contributed by atoms with E-state index in [4.69, 9.17) is 0 Å². The topological polar surface area (TPSA) is 75.3 Å². The Bertz CT molecular complexity index is 643. The number of hydrogen-bond acceptors (Lipinski definition) is 4. The van der Waals surface area contributed by atoms with Crippen LogP contribution in [-0.2, 0) is 14.6 Å². The molecule has 0 aliphatic carbocycles. The fourth-order valence-electron chi connectivity index (χ4n) is 2.33. The molecule has 116 valence electrons. The first-order valence-corrected chi connectivity index (χ1v) is 8.21. The molecule has 0 saturated carbocycles. The van der Waals surface area contributed by atoms with Gasteiger partial charge in [-0.15, -0.1) is 0 Å². The first kappa shape index (κ1) is 15.7. The van der Waals surface area contributed by atoms with Crippen molar-refractivity contribution in [2.45, 2.75) is 18.9 Å². The van der Waals surface area contributed by atoms with E-state index in [1.54, 1.807) is 6.92 Å². The Labute approximate surface area is 121 Å². The number of halogens is 2. The molecule has 1 heterocycles. The van der Waals surface area contributed by atoms with Crippen molar-refractivity contribution in [2.75, 3.05) is 23.4 Å². The highest BCUT2D eigenvalue weighted by molar-refractivity contribution is 7.91. The number of carbonyl (C=O) groups is 1. The van der Waals surface area contributed by atoms with Crippen molar-refractivity contribution < 1.29 is 22.0 Å². The number of carbonyl (C=O) groups excluding carboxylic acids is 1. The zero-order chi connectivity index (χ0) is 15.7. The van der Waals surface area contributed by atoms with Gasteiger partial charge in [0.15, 0.2) is 9.84 Å². The summed E-state index contributed by atoms with van der Waals surface area (Å²) in [6, 6.07) is 2.87. The molecule has 1 aromatic carbocycles. The molecule has 1 aromatic rings. The molecule has 1 saturated heterocycles. The van der Waals surface area contributed by atoms with E-state index in [0.717, 1.165) is 18.2 Å². The molecule has 1 aliphatic rings. The molecule has 1 amide bonds. The number of amides is 1. The van der Waals surface area contributed by atoms with Gasteiger partial charge in [-0.2, -0.15) is 0 Å². The van der Waals surface area contributed by atoms with Gasteiger partial charge < -0.3 is 10.6 Å². The van der Waals surface area contributed by atoms with Crippen LogP contribution in [0.25, 0.3) is 0 Å². The van der Waals surface area contributed by atoms with Gasteiger partial charge in [-0.05, 0) is 25.5 Å². The third-order valence-corrected chi connectivity index (χ3v) is 5.16. The van der Waals surface area contributed by atoms with Crippen LogP contribution in [0.2, 0.25) is 0 Å². The van der Waals surface area contributed by atoms with E-state index in [9.17, 15) is 22.0 Å². The Morgan fingerprint density at radius 2 is 1.90 bits per heavy atom. The van der Waals surface area contributed by atoms with Crippen LogP contribution in [0.1, 0.15) is 13.3 Å². The first-order valence-electron chi connectivity index (χ1n) is 6.39. The number of benzene rings is 1. The highest BCUT2D eigenvalue weighted by Gasteiger charge is 2.39. The number of anilines is 1. The Balaban J connectivity index is 1.91. The van der Waals surface area contributed by atoms with E-state index < -0.39 is 32.9 Å². The fraction of sp³-hybridized carbons (Fsp3) is 0.462. The second kappa shape index (κ2) is 5.59. The van der Waals surface area contributed by atoms with Crippen LogP contribution in [0, 0.1) is 11.6 Å². The lowest BCUT2D eigenvalue weighted by Gasteiger charge is -2.24. The maximum absolute atomic E-state index is 13.0. The van der Waals surface area contributed by atoms with Gasteiger partial charge in [0.25, 0.3) is 0 Å². The number of rotatable bonds is 4. The molecule has 0 spiro atoms. The van der Waals surface area contributed by atoms with Gasteiger partial charge >= 0.3 is 0 Å². The van der Waals surface area contributed by atoms with Gasteiger partial charge in [-0.1, -0.05) is 0 Å². The number of nitrogens with one attached hydrogen (secondary N) is 2. The average Bonchev–Trinajstić information content (AvgIpc) is 2.59. The van der Waals surface area contributed by atoms with E-state index >= 15 is 0 Å². The normalized spacial score (nSPS) is 23.8. The van der Waals surface area contributed by atoms with Gasteiger partial charge in [0.2, 0.25) is 5.91 Å². The van der Waals surface area contributed by atoms with Crippen LogP contribution in [0.5, 0.6) is 0 Å². The van der Waals surface area contributed by atoms with E-state index in [1.807, 2.05) is 0 Å². The SMILES string of the molecule is C[C@@]1(NC(=O)CNc2cc(F)cc(F)c2)CCS(=O)(=O)C1. The predicted molar refractivity (Wildman–Crippen MR) is 74.7 cm³/mol. The van der Waals surface area contributed by atoms with E-state index in [-0.39, 0.29) is 23.7 Å². The van der Waals surface area contributed by atoms with Crippen LogP contribution in [0.4, 0.5) is 14.5 Å². The molecule has 0 radical (unpaired) electrons. The van der Waals surface area contributed by atoms with Crippen molar-refractivity contribution in [3.63, 3.8) is 0 Å². The molecule has 2 rings (SSSR count). The lowest BCUT2D eigenvalue weighted by molar-refractivity contribution is -0.120. The molecule has 5 nitrogen and oxygen atoms in total. The molecule has 1 aliphatic heterocycles. The van der Waals surface area contributed by atoms with Crippen molar-refractivity contribution in [1.82, 2.24) is 5.32 Å². The summed E-state index contributed by atoms with van der Waals surface area (Å²) in [4.78, 5) is 11.8. The molecule has 0 aromatic heterocycles. The number of hydrogen-bond donors (Lipinski definition) is 2. The Hall–Kier alpha value is -1.70. The Morgan fingerprint density at radius 3 is 2.43 bits per heavy atom. The monoisotopic (exact) mass is 318 g/mol. The molecule has 0 bridgehead atoms. The molecule has 1 fully saturated rings. The zero-order valence-electron chi connectivity index (χ0n) is 11.4. The largest absolute Gasteiger partial charge is 0.376 e. The fourth-order valence-corrected chi connectivity index (χ4v) is 4.42. The van der Waals surface area contributed by atoms with Crippen LogP contribution in [-0.4, -0.2) is 37.9 Å². The second-order valence-corrected chi connectivity index (χ2v) is 7.65. The Kier molecular flexibility index (Phi) is 4.18. The van der Waals surface area contributed by atoms with Crippen molar-refractivity contribution >= 4 is 21.4 Å². The van der Waals surface area contributed by atoms with Crippen molar-refractivity contribution in [2.24, 2.45) is 0 Å². The number of sulfone groups is 1. The summed E-state index contributed by atoms with van der Waals surface area (Å²) >= 11 is 0. The third-order valence-electron chi connectivity index (χ3n) is 3.26. The van der Waals surface area contributed by atoms with Crippen molar-refractivity contribution in [3.05, 3.63) is 29.8 Å². The van der Waals surface area contributed by atoms with Crippen LogP contribution < -0.4 is 10.6 Å². The van der Waals surface area contributed by atoms with Crippen molar-refractivity contribution in [1.29, 1.82) is 0 Å². The molecule has 2 N–H and O–H groups in total. The summed E-state index contributed by atoms with van der Waals surface area (Å²) in [6.45, 7) is 1.47. The summed E-state index contributed by atoms with van der Waals surface area (Å²) in [5, 5.41) is 5.24. The molecular weight excluding hydrogens is 302 g/mol. The lowest BCUT2D eigenvalue weighted by atomic mass is 10.0. The van der Waals surface area contributed by atoms with Gasteiger partial charge in [0.1, 0.15) is 11.6 Å². The van der Waals surface area contributed by atoms with Crippen molar-refractivity contribution in [3.8, 4) is 0 Å². The lowest BCUT2D eigenvalue weighted by Crippen LogP contribution is -2.48. The quantitative estimate of drug-likeness (QED) is 0.871. The first-order chi connectivity index (χ1) is 9.67. The van der Waals surface area contributed by atoms with Crippen LogP contribution in [0.15, 0.2) is 18.2 Å². The summed E-state index contributed by atoms with van der Waals surface area (Å²) in [6.07, 6.45) is 0.357. The van der Waals surface area contributed by atoms with E-state index in [0.29, 0.717) is 6.42 Å². The Morgan fingerprint density at radius 1 is 1.29 bits per heavy atom. The van der Waals surface area contributed by atoms with Gasteiger partial charge in [0, 0.05) is 11.8 Å². The van der Waals surface area contributed by atoms with Gasteiger partial charge in [0.05, 0.1) is 23.6 Å². The molecule has 8 heteroatoms. The van der Waals surface area contributed by atoms with E-state index in [2.05, 4.69) is 10.6 Å². The smallest absolute Gasteiger partial charge is 0.239 e. The minimum absolute atomic E-state index is 0.0479. The highest BCUT2D eigenvalue weighted by Crippen LogP contribution is 2.22. The van der Waals surface area contributed by atoms with Gasteiger partial charge in [-0.25, -0.2) is 17.2 Å². The highest BCUT2D eigenvalue weighted by atomic mass is 32.2. The standard InChI is InChI=1S/C13H16F2N2O3S/c1-13(2-3-21(19,20)8-13)17-12(18)7-16-11-5-9(14)4-10(15)6-11/h4-6,16H,2-3,7-8H2,1H3,(H,17,18)/t13-/m1/s1. The summed E-state index contributed by atoms with van der Waals surface area (Å²) in [5.74, 6) is -1.97. The molecule has 0 unspecified atom stereocenters. The molecule has 21 heavy (non-hydrogen) atoms. The van der Waals surface area contributed by atoms with Crippen LogP contribution >= 0.6 is 0 Å². The minimum atomic E-state index is -3.11. The minimum Gasteiger partial charge on any atom is -0.376 e. The third kappa shape index (κ3) is 4.38. The van der Waals surface area contributed by atoms with Crippen LogP contribution in [0.3, 0.4) is 0 Å². The predicted octanol–water partition coefficient (Wildman–Crippen LogP) is 1.07. The van der Waals surface area contributed by atoms with Gasteiger partial charge in [-0.3, -0.25) is 4.79 Å². The second-order valence-electron chi connectivity index (χ2n) is 5.46. The zero-order valence-corrected chi connectivity index (χ0v) is 12.3. The van der Waals surface area contributed by atoms with E-state index in [1.165, 1.54) is 0 Å². The average molecular weight is 318 g/mol.